The Labute approximate surface area is 157 Å². The van der Waals surface area contributed by atoms with Crippen molar-refractivity contribution in [3.8, 4) is 0 Å². The largest absolute Gasteiger partial charge is 0.354 e. The maximum atomic E-state index is 12.4. The van der Waals surface area contributed by atoms with Crippen LogP contribution in [0.3, 0.4) is 0 Å². The van der Waals surface area contributed by atoms with Gasteiger partial charge in [-0.2, -0.15) is 0 Å². The molecule has 0 spiro atoms. The predicted molar refractivity (Wildman–Crippen MR) is 105 cm³/mol. The van der Waals surface area contributed by atoms with E-state index in [0.717, 1.165) is 16.9 Å². The summed E-state index contributed by atoms with van der Waals surface area (Å²) in [4.78, 5) is 2.97. The highest BCUT2D eigenvalue weighted by molar-refractivity contribution is 7.94. The zero-order valence-electron chi connectivity index (χ0n) is 14.6. The highest BCUT2D eigenvalue weighted by atomic mass is 32.2. The molecule has 6 nitrogen and oxygen atoms in total. The van der Waals surface area contributed by atoms with Crippen LogP contribution in [0.1, 0.15) is 17.4 Å². The number of hydrogen-bond acceptors (Lipinski definition) is 6. The molecule has 26 heavy (non-hydrogen) atoms. The van der Waals surface area contributed by atoms with Crippen molar-refractivity contribution < 1.29 is 8.42 Å². The van der Waals surface area contributed by atoms with Gasteiger partial charge in [0.2, 0.25) is 0 Å². The van der Waals surface area contributed by atoms with E-state index in [0.29, 0.717) is 12.4 Å². The molecule has 1 N–H and O–H groups in total. The summed E-state index contributed by atoms with van der Waals surface area (Å²) in [5.41, 5.74) is 1.16. The smallest absolute Gasteiger partial charge is 0.272 e. The van der Waals surface area contributed by atoms with Crippen molar-refractivity contribution in [2.75, 3.05) is 16.7 Å². The third-order valence-electron chi connectivity index (χ3n) is 3.79. The topological polar surface area (TPSA) is 75.2 Å². The second-order valence-electron chi connectivity index (χ2n) is 5.80. The van der Waals surface area contributed by atoms with Crippen molar-refractivity contribution in [2.45, 2.75) is 24.1 Å². The van der Waals surface area contributed by atoms with E-state index in [9.17, 15) is 8.42 Å². The first-order chi connectivity index (χ1) is 12.5. The molecular weight excluding hydrogens is 368 g/mol. The molecule has 2 heterocycles. The van der Waals surface area contributed by atoms with E-state index in [4.69, 9.17) is 0 Å². The van der Waals surface area contributed by atoms with E-state index in [1.165, 1.54) is 11.3 Å². The van der Waals surface area contributed by atoms with Gasteiger partial charge in [-0.05, 0) is 36.2 Å². The highest BCUT2D eigenvalue weighted by Crippen LogP contribution is 2.24. The Balaban J connectivity index is 1.69. The van der Waals surface area contributed by atoms with Gasteiger partial charge in [0.1, 0.15) is 4.21 Å². The first-order valence-corrected chi connectivity index (χ1v) is 10.5. The van der Waals surface area contributed by atoms with Gasteiger partial charge in [-0.15, -0.1) is 21.5 Å². The van der Waals surface area contributed by atoms with E-state index < -0.39 is 10.0 Å². The number of aromatic nitrogens is 2. The van der Waals surface area contributed by atoms with Crippen molar-refractivity contribution in [1.29, 1.82) is 0 Å². The lowest BCUT2D eigenvalue weighted by Gasteiger charge is -2.17. The molecular formula is C18H20N4O2S2. The lowest BCUT2D eigenvalue weighted by molar-refractivity contribution is 0.603. The zero-order valence-corrected chi connectivity index (χ0v) is 16.2. The molecule has 0 atom stereocenters. The number of aryl methyl sites for hydroxylation is 1. The van der Waals surface area contributed by atoms with Crippen molar-refractivity contribution in [3.63, 3.8) is 0 Å². The standard InChI is InChI=1S/C18H20N4O2S2/c1-3-15-9-12-18(25-15)26(23,24)21-16-10-11-17(20-19-16)22(2)13-14-7-5-4-6-8-14/h4-12H,3,13H2,1-2H3,(H,19,21). The van der Waals surface area contributed by atoms with Crippen LogP contribution >= 0.6 is 11.3 Å². The second-order valence-corrected chi connectivity index (χ2v) is 8.88. The summed E-state index contributed by atoms with van der Waals surface area (Å²) in [7, 11) is -1.72. The number of sulfonamides is 1. The number of rotatable bonds is 7. The summed E-state index contributed by atoms with van der Waals surface area (Å²) in [6.07, 6.45) is 0.808. The third kappa shape index (κ3) is 4.39. The first-order valence-electron chi connectivity index (χ1n) is 8.18. The summed E-state index contributed by atoms with van der Waals surface area (Å²) in [5.74, 6) is 0.870. The Morgan fingerprint density at radius 3 is 2.42 bits per heavy atom. The summed E-state index contributed by atoms with van der Waals surface area (Å²) in [5, 5.41) is 8.13. The molecule has 0 saturated heterocycles. The van der Waals surface area contributed by atoms with Gasteiger partial charge >= 0.3 is 0 Å². The van der Waals surface area contributed by atoms with Gasteiger partial charge in [-0.3, -0.25) is 4.72 Å². The van der Waals surface area contributed by atoms with Crippen LogP contribution in [0.5, 0.6) is 0 Å². The summed E-state index contributed by atoms with van der Waals surface area (Å²) < 4.78 is 27.6. The number of anilines is 2. The Bertz CT molecular complexity index is 954. The summed E-state index contributed by atoms with van der Waals surface area (Å²) in [6, 6.07) is 16.8. The average molecular weight is 389 g/mol. The molecule has 0 aliphatic rings. The quantitative estimate of drug-likeness (QED) is 0.670. The lowest BCUT2D eigenvalue weighted by Crippen LogP contribution is -2.19. The van der Waals surface area contributed by atoms with E-state index in [1.54, 1.807) is 18.2 Å². The van der Waals surface area contributed by atoms with E-state index in [2.05, 4.69) is 14.9 Å². The third-order valence-corrected chi connectivity index (χ3v) is 6.87. The van der Waals surface area contributed by atoms with Crippen molar-refractivity contribution in [1.82, 2.24) is 10.2 Å². The Kier molecular flexibility index (Phi) is 5.53. The van der Waals surface area contributed by atoms with Gasteiger partial charge in [-0.25, -0.2) is 8.42 Å². The molecule has 0 amide bonds. The number of thiophene rings is 1. The van der Waals surface area contributed by atoms with Crippen LogP contribution in [0.2, 0.25) is 0 Å². The van der Waals surface area contributed by atoms with E-state index in [1.807, 2.05) is 55.3 Å². The van der Waals surface area contributed by atoms with Crippen LogP contribution in [-0.2, 0) is 23.0 Å². The average Bonchev–Trinajstić information content (AvgIpc) is 3.13. The van der Waals surface area contributed by atoms with Crippen molar-refractivity contribution in [3.05, 3.63) is 65.0 Å². The van der Waals surface area contributed by atoms with Crippen LogP contribution in [0, 0.1) is 0 Å². The molecule has 0 aliphatic carbocycles. The highest BCUT2D eigenvalue weighted by Gasteiger charge is 2.17. The molecule has 0 bridgehead atoms. The molecule has 0 saturated carbocycles. The van der Waals surface area contributed by atoms with Crippen LogP contribution in [0.4, 0.5) is 11.6 Å². The minimum atomic E-state index is -3.63. The van der Waals surface area contributed by atoms with Gasteiger partial charge in [0, 0.05) is 18.5 Å². The fourth-order valence-corrected chi connectivity index (χ4v) is 4.69. The van der Waals surface area contributed by atoms with Crippen molar-refractivity contribution >= 4 is 33.0 Å². The first kappa shape index (κ1) is 18.3. The second kappa shape index (κ2) is 7.84. The zero-order chi connectivity index (χ0) is 18.6. The van der Waals surface area contributed by atoms with Gasteiger partial charge < -0.3 is 4.90 Å². The molecule has 0 fully saturated rings. The minimum absolute atomic E-state index is 0.202. The molecule has 3 aromatic rings. The normalized spacial score (nSPS) is 11.3. The molecule has 3 rings (SSSR count). The SMILES string of the molecule is CCc1ccc(S(=O)(=O)Nc2ccc(N(C)Cc3ccccc3)nn2)s1. The number of benzene rings is 1. The summed E-state index contributed by atoms with van der Waals surface area (Å²) >= 11 is 1.26. The van der Waals surface area contributed by atoms with Crippen LogP contribution in [-0.4, -0.2) is 25.7 Å². The number of hydrogen-bond donors (Lipinski definition) is 1. The molecule has 2 aromatic heterocycles. The van der Waals surface area contributed by atoms with Crippen LogP contribution in [0.25, 0.3) is 0 Å². The van der Waals surface area contributed by atoms with E-state index >= 15 is 0 Å². The maximum Gasteiger partial charge on any atom is 0.272 e. The summed E-state index contributed by atoms with van der Waals surface area (Å²) in [6.45, 7) is 2.68. The Hall–Kier alpha value is -2.45. The molecule has 0 aliphatic heterocycles. The van der Waals surface area contributed by atoms with E-state index in [-0.39, 0.29) is 10.0 Å². The Morgan fingerprint density at radius 2 is 1.81 bits per heavy atom. The van der Waals surface area contributed by atoms with Gasteiger partial charge in [0.05, 0.1) is 0 Å². The maximum absolute atomic E-state index is 12.4. The molecule has 8 heteroatoms. The fraction of sp³-hybridized carbons (Fsp3) is 0.222. The molecule has 1 aromatic carbocycles. The van der Waals surface area contributed by atoms with Crippen LogP contribution < -0.4 is 9.62 Å². The minimum Gasteiger partial charge on any atom is -0.354 e. The van der Waals surface area contributed by atoms with Gasteiger partial charge in [0.25, 0.3) is 10.0 Å². The lowest BCUT2D eigenvalue weighted by atomic mass is 10.2. The molecule has 136 valence electrons. The predicted octanol–water partition coefficient (Wildman–Crippen LogP) is 3.54. The number of nitrogens with one attached hydrogen (secondary N) is 1. The van der Waals surface area contributed by atoms with Gasteiger partial charge in [-0.1, -0.05) is 37.3 Å². The Morgan fingerprint density at radius 1 is 1.04 bits per heavy atom. The fourth-order valence-electron chi connectivity index (χ4n) is 2.40. The van der Waals surface area contributed by atoms with Crippen LogP contribution in [0.15, 0.2) is 58.8 Å². The molecule has 0 unspecified atom stereocenters. The van der Waals surface area contributed by atoms with Gasteiger partial charge in [0.15, 0.2) is 11.6 Å². The monoisotopic (exact) mass is 388 g/mol. The number of nitrogens with zero attached hydrogens (tertiary/aromatic N) is 3. The van der Waals surface area contributed by atoms with Crippen molar-refractivity contribution in [2.24, 2.45) is 0 Å². The molecule has 0 radical (unpaired) electrons.